The summed E-state index contributed by atoms with van der Waals surface area (Å²) >= 11 is 5.03. The van der Waals surface area contributed by atoms with Gasteiger partial charge < -0.3 is 20.3 Å². The number of amides is 1. The fourth-order valence-electron chi connectivity index (χ4n) is 2.95. The van der Waals surface area contributed by atoms with Crippen LogP contribution in [0.5, 0.6) is 0 Å². The molecule has 0 heterocycles. The van der Waals surface area contributed by atoms with Gasteiger partial charge in [0.15, 0.2) is 0 Å². The van der Waals surface area contributed by atoms with Gasteiger partial charge in [0.25, 0.3) is 5.91 Å². The van der Waals surface area contributed by atoms with Gasteiger partial charge in [0.1, 0.15) is 18.1 Å². The lowest BCUT2D eigenvalue weighted by atomic mass is 9.99. The SMILES string of the molecule is C=O.CN.Cc1ccc(N(C=S)C(C)(C)C(=O)N(C)c2ccc(C#N)c(C(F)(F)F)c2)cc1F. The summed E-state index contributed by atoms with van der Waals surface area (Å²) in [5, 5.41) is 8.94. The third kappa shape index (κ3) is 6.82. The number of nitriles is 1. The number of aryl methyl sites for hydroxylation is 1. The van der Waals surface area contributed by atoms with E-state index in [1.165, 1.54) is 62.6 Å². The summed E-state index contributed by atoms with van der Waals surface area (Å²) in [5.74, 6) is -1.06. The van der Waals surface area contributed by atoms with Crippen molar-refractivity contribution in [2.45, 2.75) is 32.5 Å². The van der Waals surface area contributed by atoms with E-state index in [-0.39, 0.29) is 5.69 Å². The summed E-state index contributed by atoms with van der Waals surface area (Å²) in [4.78, 5) is 23.6. The predicted molar refractivity (Wildman–Crippen MR) is 128 cm³/mol. The molecule has 0 saturated heterocycles. The largest absolute Gasteiger partial charge is 0.417 e. The molecule has 11 heteroatoms. The molecule has 184 valence electrons. The van der Waals surface area contributed by atoms with E-state index >= 15 is 0 Å². The minimum atomic E-state index is -4.75. The van der Waals surface area contributed by atoms with Gasteiger partial charge in [-0.2, -0.15) is 18.4 Å². The molecule has 0 aliphatic rings. The number of halogens is 4. The summed E-state index contributed by atoms with van der Waals surface area (Å²) in [6.45, 7) is 6.65. The first-order chi connectivity index (χ1) is 15.8. The molecule has 0 aliphatic carbocycles. The maximum atomic E-state index is 14.0. The normalized spacial score (nSPS) is 10.5. The Kier molecular flexibility index (Phi) is 11.5. The number of carbonyl (C=O) groups excluding carboxylic acids is 2. The van der Waals surface area contributed by atoms with Crippen LogP contribution >= 0.6 is 12.2 Å². The predicted octanol–water partition coefficient (Wildman–Crippen LogP) is 4.62. The second kappa shape index (κ2) is 12.8. The number of anilines is 2. The Balaban J connectivity index is 0.00000258. The topological polar surface area (TPSA) is 90.4 Å². The minimum Gasteiger partial charge on any atom is -0.333 e. The van der Waals surface area contributed by atoms with Crippen molar-refractivity contribution in [3.63, 3.8) is 0 Å². The lowest BCUT2D eigenvalue weighted by molar-refractivity contribution is -0.137. The molecule has 0 spiro atoms. The number of likely N-dealkylation sites (N-methyl/N-ethyl adjacent to an activating group) is 1. The first-order valence-corrected chi connectivity index (χ1v) is 10.1. The number of thiocarbonyl (C=S) groups is 1. The Hall–Kier alpha value is -3.36. The number of carbonyl (C=O) groups is 2. The van der Waals surface area contributed by atoms with E-state index in [4.69, 9.17) is 22.3 Å². The Morgan fingerprint density at radius 1 is 1.12 bits per heavy atom. The van der Waals surface area contributed by atoms with Crippen LogP contribution in [0.15, 0.2) is 36.4 Å². The number of nitrogens with two attached hydrogens (primary N) is 1. The molecule has 0 fully saturated rings. The van der Waals surface area contributed by atoms with Crippen molar-refractivity contribution in [3.05, 3.63) is 58.9 Å². The van der Waals surface area contributed by atoms with Gasteiger partial charge in [-0.25, -0.2) is 4.39 Å². The van der Waals surface area contributed by atoms with Crippen LogP contribution in [0.3, 0.4) is 0 Å². The number of benzene rings is 2. The first kappa shape index (κ1) is 30.6. The number of rotatable bonds is 5. The van der Waals surface area contributed by atoms with Crippen LogP contribution in [-0.4, -0.2) is 37.8 Å². The van der Waals surface area contributed by atoms with Crippen LogP contribution < -0.4 is 15.5 Å². The lowest BCUT2D eigenvalue weighted by Crippen LogP contribution is -2.55. The summed E-state index contributed by atoms with van der Waals surface area (Å²) < 4.78 is 53.8. The van der Waals surface area contributed by atoms with Gasteiger partial charge in [-0.3, -0.25) is 4.79 Å². The van der Waals surface area contributed by atoms with E-state index < -0.39 is 34.6 Å². The second-order valence-corrected chi connectivity index (χ2v) is 7.38. The zero-order chi connectivity index (χ0) is 26.9. The standard InChI is InChI=1S/C21H19F4N3OS.CH5N.CH2O/c1-13-5-7-16(10-18(13)22)28(12-30)20(2,3)19(29)27(4)15-8-6-14(11-26)17(9-15)21(23,24)25;2*1-2/h5-10,12H,1-4H3;2H2,1H3;1H2. The molecule has 2 aromatic carbocycles. The molecule has 0 bridgehead atoms. The van der Waals surface area contributed by atoms with Crippen molar-refractivity contribution in [2.75, 3.05) is 23.9 Å². The van der Waals surface area contributed by atoms with E-state index in [1.54, 1.807) is 13.0 Å². The Labute approximate surface area is 201 Å². The Morgan fingerprint density at radius 2 is 1.65 bits per heavy atom. The summed E-state index contributed by atoms with van der Waals surface area (Å²) in [6, 6.07) is 8.89. The van der Waals surface area contributed by atoms with Gasteiger partial charge in [0.2, 0.25) is 0 Å². The van der Waals surface area contributed by atoms with Crippen molar-refractivity contribution in [1.29, 1.82) is 5.26 Å². The van der Waals surface area contributed by atoms with Crippen LogP contribution in [-0.2, 0) is 15.8 Å². The highest BCUT2D eigenvalue weighted by Gasteiger charge is 2.38. The quantitative estimate of drug-likeness (QED) is 0.478. The van der Waals surface area contributed by atoms with Crippen molar-refractivity contribution in [1.82, 2.24) is 0 Å². The van der Waals surface area contributed by atoms with E-state index in [9.17, 15) is 22.4 Å². The minimum absolute atomic E-state index is 0.0428. The molecule has 34 heavy (non-hydrogen) atoms. The third-order valence-corrected chi connectivity index (χ3v) is 5.00. The van der Waals surface area contributed by atoms with Crippen LogP contribution in [0, 0.1) is 24.1 Å². The smallest absolute Gasteiger partial charge is 0.333 e. The first-order valence-electron chi connectivity index (χ1n) is 9.61. The van der Waals surface area contributed by atoms with Crippen molar-refractivity contribution in [3.8, 4) is 6.07 Å². The number of hydrogen-bond donors (Lipinski definition) is 1. The van der Waals surface area contributed by atoms with Crippen molar-refractivity contribution >= 4 is 41.8 Å². The maximum Gasteiger partial charge on any atom is 0.417 e. The van der Waals surface area contributed by atoms with Crippen LogP contribution in [0.4, 0.5) is 28.9 Å². The van der Waals surface area contributed by atoms with Gasteiger partial charge in [-0.15, -0.1) is 0 Å². The highest BCUT2D eigenvalue weighted by molar-refractivity contribution is 7.79. The molecule has 0 atom stereocenters. The summed E-state index contributed by atoms with van der Waals surface area (Å²) in [7, 11) is 2.82. The molecule has 2 N–H and O–H groups in total. The molecule has 6 nitrogen and oxygen atoms in total. The Morgan fingerprint density at radius 3 is 2.09 bits per heavy atom. The lowest BCUT2D eigenvalue weighted by Gasteiger charge is -2.38. The van der Waals surface area contributed by atoms with Crippen LogP contribution in [0.1, 0.15) is 30.5 Å². The molecular formula is C23H26F4N4O2S. The number of nitrogens with zero attached hydrogens (tertiary/aromatic N) is 3. The molecule has 0 unspecified atom stereocenters. The fourth-order valence-corrected chi connectivity index (χ4v) is 3.34. The molecule has 0 aliphatic heterocycles. The zero-order valence-electron chi connectivity index (χ0n) is 19.4. The fraction of sp³-hybridized carbons (Fsp3) is 0.304. The number of hydrogen-bond acceptors (Lipinski definition) is 5. The molecule has 1 amide bonds. The van der Waals surface area contributed by atoms with Crippen molar-refractivity contribution < 1.29 is 27.2 Å². The van der Waals surface area contributed by atoms with Gasteiger partial charge in [0, 0.05) is 18.4 Å². The van der Waals surface area contributed by atoms with E-state index in [0.717, 1.165) is 17.0 Å². The maximum absolute atomic E-state index is 14.0. The molecule has 2 rings (SSSR count). The average molecular weight is 499 g/mol. The van der Waals surface area contributed by atoms with Gasteiger partial charge in [-0.05, 0) is 63.7 Å². The van der Waals surface area contributed by atoms with Gasteiger partial charge in [0.05, 0.1) is 22.7 Å². The zero-order valence-corrected chi connectivity index (χ0v) is 20.2. The van der Waals surface area contributed by atoms with E-state index in [0.29, 0.717) is 11.3 Å². The number of alkyl halides is 3. The average Bonchev–Trinajstić information content (AvgIpc) is 2.82. The van der Waals surface area contributed by atoms with Gasteiger partial charge in [-0.1, -0.05) is 18.3 Å². The summed E-state index contributed by atoms with van der Waals surface area (Å²) in [5.41, 5.74) is 3.38. The molecule has 0 radical (unpaired) electrons. The molecule has 0 saturated carbocycles. The van der Waals surface area contributed by atoms with Crippen LogP contribution in [0.25, 0.3) is 0 Å². The molecular weight excluding hydrogens is 472 g/mol. The molecule has 0 aromatic heterocycles. The van der Waals surface area contributed by atoms with Gasteiger partial charge >= 0.3 is 6.18 Å². The van der Waals surface area contributed by atoms with Crippen molar-refractivity contribution in [2.24, 2.45) is 5.73 Å². The Bertz CT molecular complexity index is 1050. The monoisotopic (exact) mass is 498 g/mol. The second-order valence-electron chi connectivity index (χ2n) is 7.17. The van der Waals surface area contributed by atoms with E-state index in [2.05, 4.69) is 5.73 Å². The summed E-state index contributed by atoms with van der Waals surface area (Å²) in [6.07, 6.45) is -4.75. The van der Waals surface area contributed by atoms with E-state index in [1.807, 2.05) is 6.79 Å². The third-order valence-electron chi connectivity index (χ3n) is 4.79. The highest BCUT2D eigenvalue weighted by Crippen LogP contribution is 2.35. The van der Waals surface area contributed by atoms with Crippen LogP contribution in [0.2, 0.25) is 0 Å². The highest BCUT2D eigenvalue weighted by atomic mass is 32.1. The molecule has 2 aromatic rings.